The Morgan fingerprint density at radius 2 is 2.08 bits per heavy atom. The van der Waals surface area contributed by atoms with E-state index in [0.717, 1.165) is 40.0 Å². The van der Waals surface area contributed by atoms with Gasteiger partial charge in [0.05, 0.1) is 11.9 Å². The van der Waals surface area contributed by atoms with Crippen molar-refractivity contribution in [3.8, 4) is 11.3 Å². The third-order valence-corrected chi connectivity index (χ3v) is 4.47. The van der Waals surface area contributed by atoms with Gasteiger partial charge in [0.1, 0.15) is 5.82 Å². The number of imidazole rings is 1. The molecule has 120 valence electrons. The summed E-state index contributed by atoms with van der Waals surface area (Å²) in [6.45, 7) is 0.739. The maximum Gasteiger partial charge on any atom is 0.214 e. The maximum atomic E-state index is 13.4. The van der Waals surface area contributed by atoms with Gasteiger partial charge in [0.2, 0.25) is 10.1 Å². The summed E-state index contributed by atoms with van der Waals surface area (Å²) in [7, 11) is 0. The SMILES string of the molecule is Fc1cccc(-c2cnc3sc(NCCc4ccccn4)nn23)c1. The molecule has 0 fully saturated rings. The first-order valence-electron chi connectivity index (χ1n) is 7.54. The van der Waals surface area contributed by atoms with Crippen LogP contribution >= 0.6 is 11.3 Å². The van der Waals surface area contributed by atoms with Gasteiger partial charge in [-0.3, -0.25) is 4.98 Å². The van der Waals surface area contributed by atoms with E-state index in [2.05, 4.69) is 20.4 Å². The molecular formula is C17H14FN5S. The van der Waals surface area contributed by atoms with Crippen LogP contribution in [0.5, 0.6) is 0 Å². The molecule has 0 saturated heterocycles. The van der Waals surface area contributed by atoms with Crippen molar-refractivity contribution in [2.24, 2.45) is 0 Å². The number of hydrogen-bond acceptors (Lipinski definition) is 5. The lowest BCUT2D eigenvalue weighted by Crippen LogP contribution is -2.06. The van der Waals surface area contributed by atoms with Crippen LogP contribution in [0.3, 0.4) is 0 Å². The zero-order chi connectivity index (χ0) is 16.4. The van der Waals surface area contributed by atoms with Crippen LogP contribution in [0.2, 0.25) is 0 Å². The van der Waals surface area contributed by atoms with Gasteiger partial charge in [0.25, 0.3) is 0 Å². The molecule has 4 rings (SSSR count). The fourth-order valence-electron chi connectivity index (χ4n) is 2.45. The molecule has 0 aliphatic carbocycles. The summed E-state index contributed by atoms with van der Waals surface area (Å²) < 4.78 is 15.2. The molecular weight excluding hydrogens is 325 g/mol. The number of halogens is 1. The summed E-state index contributed by atoms with van der Waals surface area (Å²) in [5.74, 6) is -0.272. The van der Waals surface area contributed by atoms with Crippen LogP contribution in [0.1, 0.15) is 5.69 Å². The molecule has 0 saturated carbocycles. The molecule has 0 bridgehead atoms. The van der Waals surface area contributed by atoms with Crippen molar-refractivity contribution in [2.45, 2.75) is 6.42 Å². The normalized spacial score (nSPS) is 11.0. The summed E-state index contributed by atoms with van der Waals surface area (Å²) in [6.07, 6.45) is 4.32. The predicted molar refractivity (Wildman–Crippen MR) is 92.7 cm³/mol. The molecule has 3 heterocycles. The average Bonchev–Trinajstić information content (AvgIpc) is 3.16. The van der Waals surface area contributed by atoms with E-state index in [0.29, 0.717) is 0 Å². The Balaban J connectivity index is 1.52. The van der Waals surface area contributed by atoms with Crippen molar-refractivity contribution in [1.29, 1.82) is 0 Å². The molecule has 0 atom stereocenters. The quantitative estimate of drug-likeness (QED) is 0.603. The van der Waals surface area contributed by atoms with Crippen molar-refractivity contribution in [2.75, 3.05) is 11.9 Å². The van der Waals surface area contributed by atoms with E-state index in [1.165, 1.54) is 23.5 Å². The van der Waals surface area contributed by atoms with E-state index >= 15 is 0 Å². The van der Waals surface area contributed by atoms with Crippen molar-refractivity contribution in [1.82, 2.24) is 19.6 Å². The standard InChI is InChI=1S/C17H14FN5S/c18-13-5-3-4-12(10-13)15-11-21-17-23(15)22-16(24-17)20-9-7-14-6-1-2-8-19-14/h1-6,8,10-11H,7,9H2,(H,20,22). The number of nitrogens with one attached hydrogen (secondary N) is 1. The first kappa shape index (κ1) is 14.8. The largest absolute Gasteiger partial charge is 0.360 e. The number of hydrogen-bond donors (Lipinski definition) is 1. The van der Waals surface area contributed by atoms with Gasteiger partial charge in [-0.2, -0.15) is 0 Å². The fraction of sp³-hybridized carbons (Fsp3) is 0.118. The van der Waals surface area contributed by atoms with Crippen molar-refractivity contribution >= 4 is 21.4 Å². The van der Waals surface area contributed by atoms with Gasteiger partial charge < -0.3 is 5.32 Å². The third-order valence-electron chi connectivity index (χ3n) is 3.59. The number of aromatic nitrogens is 4. The van der Waals surface area contributed by atoms with Gasteiger partial charge in [-0.05, 0) is 24.3 Å². The Labute approximate surface area is 141 Å². The fourth-order valence-corrected chi connectivity index (χ4v) is 3.25. The predicted octanol–water partition coefficient (Wildman–Crippen LogP) is 3.65. The molecule has 7 heteroatoms. The zero-order valence-electron chi connectivity index (χ0n) is 12.7. The molecule has 0 amide bonds. The second-order valence-corrected chi connectivity index (χ2v) is 6.21. The highest BCUT2D eigenvalue weighted by atomic mass is 32.1. The molecule has 0 radical (unpaired) electrons. The Kier molecular flexibility index (Phi) is 3.92. The van der Waals surface area contributed by atoms with Gasteiger partial charge >= 0.3 is 0 Å². The first-order valence-corrected chi connectivity index (χ1v) is 8.35. The van der Waals surface area contributed by atoms with Gasteiger partial charge in [-0.25, -0.2) is 13.9 Å². The van der Waals surface area contributed by atoms with Crippen LogP contribution in [0.25, 0.3) is 16.2 Å². The molecule has 4 aromatic rings. The van der Waals surface area contributed by atoms with E-state index in [1.54, 1.807) is 23.0 Å². The monoisotopic (exact) mass is 339 g/mol. The van der Waals surface area contributed by atoms with Crippen LogP contribution in [-0.4, -0.2) is 26.1 Å². The van der Waals surface area contributed by atoms with Crippen LogP contribution in [0, 0.1) is 5.82 Å². The zero-order valence-corrected chi connectivity index (χ0v) is 13.5. The Morgan fingerprint density at radius 1 is 1.12 bits per heavy atom. The number of nitrogens with zero attached hydrogens (tertiary/aromatic N) is 4. The van der Waals surface area contributed by atoms with E-state index in [1.807, 2.05) is 24.3 Å². The van der Waals surface area contributed by atoms with Gasteiger partial charge in [0.15, 0.2) is 0 Å². The minimum atomic E-state index is -0.272. The van der Waals surface area contributed by atoms with Crippen molar-refractivity contribution in [3.63, 3.8) is 0 Å². The number of pyridine rings is 1. The molecule has 0 aliphatic rings. The van der Waals surface area contributed by atoms with E-state index < -0.39 is 0 Å². The van der Waals surface area contributed by atoms with Crippen LogP contribution < -0.4 is 5.32 Å². The third kappa shape index (κ3) is 2.98. The van der Waals surface area contributed by atoms with Gasteiger partial charge in [-0.15, -0.1) is 5.10 Å². The van der Waals surface area contributed by atoms with Crippen LogP contribution in [-0.2, 0) is 6.42 Å². The van der Waals surface area contributed by atoms with Crippen LogP contribution in [0.15, 0.2) is 54.9 Å². The number of benzene rings is 1. The summed E-state index contributed by atoms with van der Waals surface area (Å²) in [6, 6.07) is 12.3. The number of anilines is 1. The minimum absolute atomic E-state index is 0.272. The van der Waals surface area contributed by atoms with Crippen molar-refractivity contribution < 1.29 is 4.39 Å². The van der Waals surface area contributed by atoms with Crippen molar-refractivity contribution in [3.05, 3.63) is 66.4 Å². The molecule has 0 unspecified atom stereocenters. The number of rotatable bonds is 5. The molecule has 0 aliphatic heterocycles. The minimum Gasteiger partial charge on any atom is -0.360 e. The highest BCUT2D eigenvalue weighted by molar-refractivity contribution is 7.20. The summed E-state index contributed by atoms with van der Waals surface area (Å²) in [5.41, 5.74) is 2.57. The molecule has 5 nitrogen and oxygen atoms in total. The van der Waals surface area contributed by atoms with Crippen LogP contribution in [0.4, 0.5) is 9.52 Å². The highest BCUT2D eigenvalue weighted by Crippen LogP contribution is 2.26. The summed E-state index contributed by atoms with van der Waals surface area (Å²) >= 11 is 1.47. The lowest BCUT2D eigenvalue weighted by Gasteiger charge is -2.01. The topological polar surface area (TPSA) is 55.1 Å². The van der Waals surface area contributed by atoms with E-state index in [4.69, 9.17) is 0 Å². The molecule has 24 heavy (non-hydrogen) atoms. The Hall–Kier alpha value is -2.80. The summed E-state index contributed by atoms with van der Waals surface area (Å²) in [4.78, 5) is 9.42. The van der Waals surface area contributed by atoms with E-state index in [9.17, 15) is 4.39 Å². The second kappa shape index (κ2) is 6.37. The number of fused-ring (bicyclic) bond motifs is 1. The molecule has 1 aromatic carbocycles. The van der Waals surface area contributed by atoms with Gasteiger partial charge in [-0.1, -0.05) is 29.5 Å². The average molecular weight is 339 g/mol. The van der Waals surface area contributed by atoms with E-state index in [-0.39, 0.29) is 5.82 Å². The Bertz CT molecular complexity index is 963. The highest BCUT2D eigenvalue weighted by Gasteiger charge is 2.11. The Morgan fingerprint density at radius 3 is 2.92 bits per heavy atom. The van der Waals surface area contributed by atoms with Gasteiger partial charge in [0, 0.05) is 30.4 Å². The molecule has 0 spiro atoms. The smallest absolute Gasteiger partial charge is 0.214 e. The molecule has 1 N–H and O–H groups in total. The lowest BCUT2D eigenvalue weighted by atomic mass is 10.2. The first-order chi connectivity index (χ1) is 11.8. The second-order valence-electron chi connectivity index (χ2n) is 5.25. The summed E-state index contributed by atoms with van der Waals surface area (Å²) in [5, 5.41) is 8.60. The maximum absolute atomic E-state index is 13.4. The lowest BCUT2D eigenvalue weighted by molar-refractivity contribution is 0.628. The molecule has 3 aromatic heterocycles.